The number of fused-ring (bicyclic) bond motifs is 1. The zero-order chi connectivity index (χ0) is 38.1. The summed E-state index contributed by atoms with van der Waals surface area (Å²) in [6.45, 7) is 0. The third-order valence-electron chi connectivity index (χ3n) is 13.0. The van der Waals surface area contributed by atoms with Gasteiger partial charge in [0.25, 0.3) is 0 Å². The molecule has 0 aromatic heterocycles. The van der Waals surface area contributed by atoms with Crippen molar-refractivity contribution >= 4 is 11.3 Å². The van der Waals surface area contributed by atoms with Crippen molar-refractivity contribution in [3.63, 3.8) is 0 Å². The first kappa shape index (κ1) is 36.5. The Morgan fingerprint density at radius 2 is 1.27 bits per heavy atom. The Balaban J connectivity index is 0.943. The van der Waals surface area contributed by atoms with Crippen LogP contribution in [0.3, 0.4) is 0 Å². The van der Waals surface area contributed by atoms with Crippen molar-refractivity contribution in [3.05, 3.63) is 196 Å². The highest BCUT2D eigenvalue weighted by molar-refractivity contribution is 6.14. The number of alkyl halides is 3. The van der Waals surface area contributed by atoms with E-state index >= 15 is 0 Å². The van der Waals surface area contributed by atoms with Gasteiger partial charge in [-0.2, -0.15) is 13.2 Å². The molecule has 1 heterocycles. The standard InChI is InChI=1S/C51H49F3N2/c52-51(53,54)42-30-28-35(29-31-42)34-20-22-36(23-21-34)43-32-33-44(46-19-11-10-18-45(43)46)37-24-26-41(27-25-37)50-55-48(39-14-6-2-7-15-39)47(38-12-4-1-5-13-38)49(56-50)40-16-8-3-9-17-40/h1-12,14-16,18-20,22,28-33,37-38,40-41,45-46,50,56H,13,17,21,23-27H2. The van der Waals surface area contributed by atoms with Gasteiger partial charge in [-0.3, -0.25) is 4.99 Å². The van der Waals surface area contributed by atoms with E-state index in [1.54, 1.807) is 17.7 Å². The number of benzene rings is 2. The van der Waals surface area contributed by atoms with Gasteiger partial charge in [0.05, 0.1) is 11.3 Å². The number of rotatable bonds is 7. The third-order valence-corrected chi connectivity index (χ3v) is 13.0. The Kier molecular flexibility index (Phi) is 10.3. The molecule has 1 N–H and O–H groups in total. The first-order valence-corrected chi connectivity index (χ1v) is 20.6. The third kappa shape index (κ3) is 7.41. The summed E-state index contributed by atoms with van der Waals surface area (Å²) in [5.74, 6) is 2.24. The summed E-state index contributed by atoms with van der Waals surface area (Å²) in [4.78, 5) is 5.63. The minimum atomic E-state index is -4.32. The SMILES string of the molecule is FC(F)(F)c1ccc(C2=CC=C(C3=CC=C(C4CCC(C5N=C(c6ccccc6)C(C6C=CC=CC6)=C(C6C=CC=CC6)N5)CC4)C4C=CC=CC34)CC2)cc1. The summed E-state index contributed by atoms with van der Waals surface area (Å²) >= 11 is 0. The molecule has 5 atom stereocenters. The molecule has 6 aliphatic carbocycles. The fourth-order valence-electron chi connectivity index (χ4n) is 10.0. The van der Waals surface area contributed by atoms with Gasteiger partial charge < -0.3 is 5.32 Å². The summed E-state index contributed by atoms with van der Waals surface area (Å²) in [7, 11) is 0. The normalized spacial score (nSPS) is 29.8. The van der Waals surface area contributed by atoms with Gasteiger partial charge in [-0.25, -0.2) is 0 Å². The Labute approximate surface area is 329 Å². The van der Waals surface area contributed by atoms with Gasteiger partial charge in [-0.05, 0) is 97.6 Å². The molecule has 0 spiro atoms. The summed E-state index contributed by atoms with van der Waals surface area (Å²) in [5, 5.41) is 4.09. The maximum absolute atomic E-state index is 13.1. The van der Waals surface area contributed by atoms with E-state index in [9.17, 15) is 13.2 Å². The van der Waals surface area contributed by atoms with Crippen molar-refractivity contribution in [2.75, 3.05) is 0 Å². The Morgan fingerprint density at radius 1 is 0.607 bits per heavy atom. The molecule has 2 aromatic rings. The lowest BCUT2D eigenvalue weighted by Crippen LogP contribution is -2.44. The molecule has 1 fully saturated rings. The van der Waals surface area contributed by atoms with Gasteiger partial charge in [-0.15, -0.1) is 0 Å². The molecule has 9 rings (SSSR count). The Bertz CT molecular complexity index is 2190. The van der Waals surface area contributed by atoms with E-state index in [0.717, 1.165) is 68.2 Å². The summed E-state index contributed by atoms with van der Waals surface area (Å²) in [6, 6.07) is 16.4. The van der Waals surface area contributed by atoms with Crippen LogP contribution in [-0.2, 0) is 6.18 Å². The van der Waals surface area contributed by atoms with Gasteiger partial charge in [-0.1, -0.05) is 145 Å². The van der Waals surface area contributed by atoms with E-state index in [-0.39, 0.29) is 6.17 Å². The van der Waals surface area contributed by atoms with Crippen molar-refractivity contribution in [1.82, 2.24) is 5.32 Å². The first-order valence-electron chi connectivity index (χ1n) is 20.6. The monoisotopic (exact) mass is 746 g/mol. The van der Waals surface area contributed by atoms with Crippen LogP contribution in [-0.4, -0.2) is 11.9 Å². The van der Waals surface area contributed by atoms with Gasteiger partial charge in [0.2, 0.25) is 0 Å². The van der Waals surface area contributed by atoms with Gasteiger partial charge in [0.15, 0.2) is 0 Å². The first-order chi connectivity index (χ1) is 27.4. The van der Waals surface area contributed by atoms with Crippen LogP contribution < -0.4 is 5.32 Å². The van der Waals surface area contributed by atoms with Crippen LogP contribution in [0.5, 0.6) is 0 Å². The van der Waals surface area contributed by atoms with Gasteiger partial charge in [0.1, 0.15) is 6.17 Å². The summed E-state index contributed by atoms with van der Waals surface area (Å²) in [5.41, 5.74) is 10.7. The maximum atomic E-state index is 13.1. The lowest BCUT2D eigenvalue weighted by atomic mass is 9.65. The quantitative estimate of drug-likeness (QED) is 0.300. The van der Waals surface area contributed by atoms with Crippen LogP contribution in [0.15, 0.2) is 185 Å². The number of allylic oxidation sites excluding steroid dienone is 21. The number of halogens is 3. The van der Waals surface area contributed by atoms with Crippen LogP contribution in [0.25, 0.3) is 5.57 Å². The fraction of sp³-hybridized carbons (Fsp3) is 0.314. The second-order valence-electron chi connectivity index (χ2n) is 16.3. The lowest BCUT2D eigenvalue weighted by Gasteiger charge is -2.42. The second kappa shape index (κ2) is 15.8. The average Bonchev–Trinajstić information content (AvgIpc) is 3.26. The highest BCUT2D eigenvalue weighted by Crippen LogP contribution is 2.48. The van der Waals surface area contributed by atoms with Crippen LogP contribution in [0, 0.1) is 35.5 Å². The molecule has 0 radical (unpaired) electrons. The smallest absolute Gasteiger partial charge is 0.366 e. The highest BCUT2D eigenvalue weighted by atomic mass is 19.4. The molecule has 1 saturated carbocycles. The second-order valence-corrected chi connectivity index (χ2v) is 16.3. The van der Waals surface area contributed by atoms with E-state index in [1.807, 2.05) is 0 Å². The molecule has 5 unspecified atom stereocenters. The molecule has 7 aliphatic rings. The van der Waals surface area contributed by atoms with E-state index in [2.05, 4.69) is 133 Å². The number of hydrogen-bond acceptors (Lipinski definition) is 2. The van der Waals surface area contributed by atoms with Crippen LogP contribution in [0.4, 0.5) is 13.2 Å². The lowest BCUT2D eigenvalue weighted by molar-refractivity contribution is -0.137. The molecule has 0 amide bonds. The number of nitrogens with one attached hydrogen (secondary N) is 1. The molecular formula is C51H49F3N2. The maximum Gasteiger partial charge on any atom is 0.416 e. The molecule has 56 heavy (non-hydrogen) atoms. The largest absolute Gasteiger partial charge is 0.416 e. The van der Waals surface area contributed by atoms with E-state index in [4.69, 9.17) is 4.99 Å². The average molecular weight is 747 g/mol. The molecule has 2 aromatic carbocycles. The molecule has 1 aliphatic heterocycles. The Hall–Kier alpha value is -5.16. The van der Waals surface area contributed by atoms with Gasteiger partial charge >= 0.3 is 6.18 Å². The minimum Gasteiger partial charge on any atom is -0.366 e. The van der Waals surface area contributed by atoms with Crippen molar-refractivity contribution in [3.8, 4) is 0 Å². The summed E-state index contributed by atoms with van der Waals surface area (Å²) < 4.78 is 39.4. The van der Waals surface area contributed by atoms with Crippen molar-refractivity contribution in [2.45, 2.75) is 63.7 Å². The van der Waals surface area contributed by atoms with Crippen molar-refractivity contribution in [2.24, 2.45) is 40.5 Å². The molecule has 284 valence electrons. The highest BCUT2D eigenvalue weighted by Gasteiger charge is 2.39. The number of nitrogens with zero attached hydrogens (tertiary/aromatic N) is 1. The zero-order valence-electron chi connectivity index (χ0n) is 31.7. The summed E-state index contributed by atoms with van der Waals surface area (Å²) in [6.07, 6.45) is 40.3. The van der Waals surface area contributed by atoms with E-state index < -0.39 is 11.7 Å². The predicted octanol–water partition coefficient (Wildman–Crippen LogP) is 12.8. The molecule has 0 bridgehead atoms. The molecule has 5 heteroatoms. The zero-order valence-corrected chi connectivity index (χ0v) is 31.7. The van der Waals surface area contributed by atoms with Crippen molar-refractivity contribution < 1.29 is 13.2 Å². The van der Waals surface area contributed by atoms with Crippen LogP contribution in [0.1, 0.15) is 68.1 Å². The minimum absolute atomic E-state index is 0.0446. The van der Waals surface area contributed by atoms with E-state index in [0.29, 0.717) is 35.5 Å². The van der Waals surface area contributed by atoms with Gasteiger partial charge in [0, 0.05) is 40.5 Å². The molecule has 2 nitrogen and oxygen atoms in total. The topological polar surface area (TPSA) is 24.4 Å². The Morgan fingerprint density at radius 3 is 1.93 bits per heavy atom. The molecule has 0 saturated heterocycles. The predicted molar refractivity (Wildman–Crippen MR) is 223 cm³/mol. The van der Waals surface area contributed by atoms with E-state index in [1.165, 1.54) is 40.1 Å². The number of aliphatic imine (C=N–C) groups is 1. The fourth-order valence-corrected chi connectivity index (χ4v) is 10.0. The van der Waals surface area contributed by atoms with Crippen molar-refractivity contribution in [1.29, 1.82) is 0 Å². The molecular weight excluding hydrogens is 698 g/mol. The van der Waals surface area contributed by atoms with Crippen LogP contribution >= 0.6 is 0 Å². The van der Waals surface area contributed by atoms with Crippen LogP contribution in [0.2, 0.25) is 0 Å². The number of hydrogen-bond donors (Lipinski definition) is 1.